The molecule has 0 aliphatic rings. The monoisotopic (exact) mass is 279 g/mol. The third kappa shape index (κ3) is 6.31. The fourth-order valence-electron chi connectivity index (χ4n) is 1.16. The van der Waals surface area contributed by atoms with Gasteiger partial charge in [-0.1, -0.05) is 19.9 Å². The summed E-state index contributed by atoms with van der Waals surface area (Å²) in [4.78, 5) is 19.2. The number of carbonyl (C=O) groups is 1. The highest BCUT2D eigenvalue weighted by molar-refractivity contribution is 5.88. The van der Waals surface area contributed by atoms with Crippen LogP contribution in [0, 0.1) is 12.3 Å². The summed E-state index contributed by atoms with van der Waals surface area (Å²) in [7, 11) is 0. The molecule has 0 saturated carbocycles. The van der Waals surface area contributed by atoms with E-state index in [0.717, 1.165) is 5.56 Å². The van der Waals surface area contributed by atoms with Crippen LogP contribution >= 0.6 is 0 Å². The first-order valence-electron chi connectivity index (χ1n) is 6.72. The van der Waals surface area contributed by atoms with Gasteiger partial charge in [-0.3, -0.25) is 4.79 Å². The van der Waals surface area contributed by atoms with Crippen molar-refractivity contribution in [2.45, 2.75) is 41.5 Å². The van der Waals surface area contributed by atoms with E-state index in [4.69, 9.17) is 10.5 Å². The molecule has 112 valence electrons. The number of hydrogen-bond donors (Lipinski definition) is 1. The number of rotatable bonds is 4. The number of aromatic nitrogens is 1. The molecule has 0 fully saturated rings. The van der Waals surface area contributed by atoms with Gasteiger partial charge in [0.05, 0.1) is 5.41 Å². The molecule has 0 aromatic carbocycles. The first-order chi connectivity index (χ1) is 9.31. The maximum absolute atomic E-state index is 10.8. The van der Waals surface area contributed by atoms with E-state index in [-0.39, 0.29) is 12.6 Å². The van der Waals surface area contributed by atoms with Gasteiger partial charge >= 0.3 is 5.97 Å². The highest BCUT2D eigenvalue weighted by atomic mass is 16.5. The SMILES string of the molecule is CC.CC(=O)OCC(C)(C)C(N)=Nc1ccc(C)cn1. The lowest BCUT2D eigenvalue weighted by Gasteiger charge is -2.22. The van der Waals surface area contributed by atoms with Crippen LogP contribution in [-0.2, 0) is 9.53 Å². The van der Waals surface area contributed by atoms with Crippen molar-refractivity contribution in [1.29, 1.82) is 0 Å². The number of amidine groups is 1. The van der Waals surface area contributed by atoms with E-state index in [9.17, 15) is 4.79 Å². The second kappa shape index (κ2) is 8.30. The van der Waals surface area contributed by atoms with Crippen LogP contribution in [0.1, 0.15) is 40.2 Å². The van der Waals surface area contributed by atoms with Gasteiger partial charge in [0.1, 0.15) is 12.4 Å². The van der Waals surface area contributed by atoms with Gasteiger partial charge in [-0.25, -0.2) is 9.98 Å². The molecule has 0 bridgehead atoms. The molecule has 0 aliphatic heterocycles. The summed E-state index contributed by atoms with van der Waals surface area (Å²) in [5, 5.41) is 0. The van der Waals surface area contributed by atoms with Crippen LogP contribution in [0.4, 0.5) is 5.82 Å². The standard InChI is InChI=1S/C13H19N3O2.C2H6/c1-9-5-6-11(15-7-9)16-12(14)13(3,4)8-18-10(2)17;1-2/h5-7H,8H2,1-4H3,(H2,14,15,16);1-2H3. The largest absolute Gasteiger partial charge is 0.465 e. The van der Waals surface area contributed by atoms with Crippen molar-refractivity contribution in [3.63, 3.8) is 0 Å². The molecule has 0 spiro atoms. The first-order valence-corrected chi connectivity index (χ1v) is 6.72. The van der Waals surface area contributed by atoms with Crippen molar-refractivity contribution in [2.75, 3.05) is 6.61 Å². The number of aliphatic imine (C=N–C) groups is 1. The van der Waals surface area contributed by atoms with Crippen LogP contribution in [0.2, 0.25) is 0 Å². The second-order valence-electron chi connectivity index (χ2n) is 4.85. The Morgan fingerprint density at radius 1 is 1.40 bits per heavy atom. The average Bonchev–Trinajstić information content (AvgIpc) is 2.41. The molecule has 0 amide bonds. The second-order valence-corrected chi connectivity index (χ2v) is 4.85. The normalized spacial score (nSPS) is 11.4. The van der Waals surface area contributed by atoms with Crippen molar-refractivity contribution < 1.29 is 9.53 Å². The van der Waals surface area contributed by atoms with Gasteiger partial charge in [0, 0.05) is 13.1 Å². The van der Waals surface area contributed by atoms with Crippen LogP contribution in [0.25, 0.3) is 0 Å². The lowest BCUT2D eigenvalue weighted by Crippen LogP contribution is -2.36. The average molecular weight is 279 g/mol. The minimum absolute atomic E-state index is 0.198. The summed E-state index contributed by atoms with van der Waals surface area (Å²) in [6, 6.07) is 3.71. The van der Waals surface area contributed by atoms with Gasteiger partial charge in [0.25, 0.3) is 0 Å². The molecule has 5 nitrogen and oxygen atoms in total. The number of ether oxygens (including phenoxy) is 1. The van der Waals surface area contributed by atoms with Crippen molar-refractivity contribution >= 4 is 17.6 Å². The molecule has 1 heterocycles. The molecule has 5 heteroatoms. The Morgan fingerprint density at radius 3 is 2.45 bits per heavy atom. The Bertz CT molecular complexity index is 451. The van der Waals surface area contributed by atoms with Crippen LogP contribution in [-0.4, -0.2) is 23.4 Å². The third-order valence-electron chi connectivity index (χ3n) is 2.46. The molecular formula is C15H25N3O2. The molecular weight excluding hydrogens is 254 g/mol. The Labute approximate surface area is 121 Å². The lowest BCUT2D eigenvalue weighted by molar-refractivity contribution is -0.142. The van der Waals surface area contributed by atoms with Gasteiger partial charge in [0.2, 0.25) is 0 Å². The molecule has 0 saturated heterocycles. The minimum Gasteiger partial charge on any atom is -0.465 e. The van der Waals surface area contributed by atoms with E-state index in [1.165, 1.54) is 6.92 Å². The number of carbonyl (C=O) groups excluding carboxylic acids is 1. The smallest absolute Gasteiger partial charge is 0.302 e. The summed E-state index contributed by atoms with van der Waals surface area (Å²) < 4.78 is 4.96. The van der Waals surface area contributed by atoms with Gasteiger partial charge in [-0.05, 0) is 32.4 Å². The summed E-state index contributed by atoms with van der Waals surface area (Å²) in [5.41, 5.74) is 6.47. The first kappa shape index (κ1) is 18.1. The lowest BCUT2D eigenvalue weighted by atomic mass is 9.93. The van der Waals surface area contributed by atoms with Gasteiger partial charge < -0.3 is 10.5 Å². The molecule has 20 heavy (non-hydrogen) atoms. The number of nitrogens with zero attached hydrogens (tertiary/aromatic N) is 2. The third-order valence-corrected chi connectivity index (χ3v) is 2.46. The molecule has 1 aromatic heterocycles. The zero-order valence-electron chi connectivity index (χ0n) is 13.2. The van der Waals surface area contributed by atoms with Crippen LogP contribution < -0.4 is 5.73 Å². The quantitative estimate of drug-likeness (QED) is 0.522. The topological polar surface area (TPSA) is 77.6 Å². The van der Waals surface area contributed by atoms with Crippen molar-refractivity contribution in [3.8, 4) is 0 Å². The van der Waals surface area contributed by atoms with Crippen molar-refractivity contribution in [1.82, 2.24) is 4.98 Å². The van der Waals surface area contributed by atoms with E-state index < -0.39 is 5.41 Å². The molecule has 0 radical (unpaired) electrons. The molecule has 0 aliphatic carbocycles. The van der Waals surface area contributed by atoms with E-state index in [0.29, 0.717) is 11.7 Å². The van der Waals surface area contributed by atoms with Gasteiger partial charge in [0.15, 0.2) is 5.82 Å². The molecule has 1 rings (SSSR count). The fourth-order valence-corrected chi connectivity index (χ4v) is 1.16. The van der Waals surface area contributed by atoms with Gasteiger partial charge in [-0.2, -0.15) is 0 Å². The zero-order chi connectivity index (χ0) is 15.8. The summed E-state index contributed by atoms with van der Waals surface area (Å²) in [6.07, 6.45) is 1.73. The predicted octanol–water partition coefficient (Wildman–Crippen LogP) is 2.99. The summed E-state index contributed by atoms with van der Waals surface area (Å²) in [5.74, 6) is 0.610. The van der Waals surface area contributed by atoms with Crippen molar-refractivity contribution in [3.05, 3.63) is 23.9 Å². The molecule has 0 unspecified atom stereocenters. The maximum atomic E-state index is 10.8. The summed E-state index contributed by atoms with van der Waals surface area (Å²) >= 11 is 0. The Kier molecular flexibility index (Phi) is 7.51. The van der Waals surface area contributed by atoms with Gasteiger partial charge in [-0.15, -0.1) is 0 Å². The maximum Gasteiger partial charge on any atom is 0.302 e. The number of pyridine rings is 1. The van der Waals surface area contributed by atoms with E-state index in [1.807, 2.05) is 40.7 Å². The highest BCUT2D eigenvalue weighted by Gasteiger charge is 2.24. The Balaban J connectivity index is 0.00000172. The van der Waals surface area contributed by atoms with E-state index in [2.05, 4.69) is 9.98 Å². The number of esters is 1. The van der Waals surface area contributed by atoms with Crippen LogP contribution in [0.15, 0.2) is 23.3 Å². The number of nitrogens with two attached hydrogens (primary N) is 1. The molecule has 0 atom stereocenters. The molecule has 1 aromatic rings. The minimum atomic E-state index is -0.516. The highest BCUT2D eigenvalue weighted by Crippen LogP contribution is 2.19. The van der Waals surface area contributed by atoms with Crippen molar-refractivity contribution in [2.24, 2.45) is 16.1 Å². The number of aryl methyl sites for hydroxylation is 1. The Hall–Kier alpha value is -1.91. The Morgan fingerprint density at radius 2 is 2.00 bits per heavy atom. The zero-order valence-corrected chi connectivity index (χ0v) is 13.2. The van der Waals surface area contributed by atoms with Crippen LogP contribution in [0.3, 0.4) is 0 Å². The van der Waals surface area contributed by atoms with E-state index >= 15 is 0 Å². The predicted molar refractivity (Wildman–Crippen MR) is 82.0 cm³/mol. The molecule has 2 N–H and O–H groups in total. The fraction of sp³-hybridized carbons (Fsp3) is 0.533. The van der Waals surface area contributed by atoms with E-state index in [1.54, 1.807) is 12.3 Å². The number of hydrogen-bond acceptors (Lipinski definition) is 4. The van der Waals surface area contributed by atoms with Crippen LogP contribution in [0.5, 0.6) is 0 Å². The summed E-state index contributed by atoms with van der Waals surface area (Å²) in [6.45, 7) is 11.2.